The van der Waals surface area contributed by atoms with Crippen molar-refractivity contribution in [1.82, 2.24) is 4.98 Å². The predicted octanol–water partition coefficient (Wildman–Crippen LogP) is 2.14. The molecule has 0 bridgehead atoms. The lowest BCUT2D eigenvalue weighted by Crippen LogP contribution is -2.55. The molecule has 0 spiro atoms. The average Bonchev–Trinajstić information content (AvgIpc) is 2.87. The summed E-state index contributed by atoms with van der Waals surface area (Å²) in [6.07, 6.45) is 2.30. The first kappa shape index (κ1) is 15.6. The Morgan fingerprint density at radius 3 is 2.62 bits per heavy atom. The number of ether oxygens (including phenoxy) is 1. The Hall–Kier alpha value is -1.95. The van der Waals surface area contributed by atoms with Crippen LogP contribution in [-0.2, 0) is 4.74 Å². The Labute approximate surface area is 141 Å². The van der Waals surface area contributed by atoms with Crippen LogP contribution in [0.15, 0.2) is 54.7 Å². The number of aliphatic hydroxyl groups is 2. The monoisotopic (exact) mass is 326 g/mol. The summed E-state index contributed by atoms with van der Waals surface area (Å²) >= 11 is 0. The number of anilines is 1. The van der Waals surface area contributed by atoms with Gasteiger partial charge in [0.25, 0.3) is 0 Å². The summed E-state index contributed by atoms with van der Waals surface area (Å²) in [5, 5.41) is 24.9. The molecule has 1 saturated carbocycles. The van der Waals surface area contributed by atoms with Crippen molar-refractivity contribution in [3.8, 4) is 0 Å². The third kappa shape index (κ3) is 2.69. The molecule has 0 radical (unpaired) electrons. The predicted molar refractivity (Wildman–Crippen MR) is 90.5 cm³/mol. The van der Waals surface area contributed by atoms with Crippen molar-refractivity contribution < 1.29 is 14.9 Å². The molecule has 0 unspecified atom stereocenters. The van der Waals surface area contributed by atoms with Crippen LogP contribution in [0.3, 0.4) is 0 Å². The minimum absolute atomic E-state index is 0.00679. The van der Waals surface area contributed by atoms with E-state index in [0.717, 1.165) is 5.56 Å². The van der Waals surface area contributed by atoms with Gasteiger partial charge in [-0.3, -0.25) is 0 Å². The van der Waals surface area contributed by atoms with Gasteiger partial charge in [0.1, 0.15) is 11.4 Å². The fourth-order valence-corrected chi connectivity index (χ4v) is 4.02. The number of pyridine rings is 1. The van der Waals surface area contributed by atoms with Gasteiger partial charge in [0.2, 0.25) is 0 Å². The first-order valence-electron chi connectivity index (χ1n) is 8.41. The molecule has 126 valence electrons. The van der Waals surface area contributed by atoms with Crippen LogP contribution in [0, 0.1) is 5.92 Å². The smallest absolute Gasteiger partial charge is 0.126 e. The van der Waals surface area contributed by atoms with Crippen LogP contribution in [0.4, 0.5) is 5.82 Å². The molecule has 1 saturated heterocycles. The van der Waals surface area contributed by atoms with Crippen molar-refractivity contribution in [2.45, 2.75) is 36.7 Å². The molecule has 1 aromatic carbocycles. The summed E-state index contributed by atoms with van der Waals surface area (Å²) in [7, 11) is 0. The number of benzene rings is 1. The highest BCUT2D eigenvalue weighted by molar-refractivity contribution is 5.38. The summed E-state index contributed by atoms with van der Waals surface area (Å²) in [5.74, 6) is 0.647. The molecule has 4 rings (SSSR count). The maximum atomic E-state index is 11.2. The van der Waals surface area contributed by atoms with Gasteiger partial charge in [-0.2, -0.15) is 0 Å². The maximum Gasteiger partial charge on any atom is 0.126 e. The third-order valence-corrected chi connectivity index (χ3v) is 5.31. The molecule has 1 aliphatic carbocycles. The first-order valence-corrected chi connectivity index (χ1v) is 8.41. The Balaban J connectivity index is 1.53. The molecule has 5 atom stereocenters. The highest BCUT2D eigenvalue weighted by atomic mass is 16.5. The van der Waals surface area contributed by atoms with Gasteiger partial charge >= 0.3 is 0 Å². The van der Waals surface area contributed by atoms with E-state index in [4.69, 9.17) is 4.74 Å². The van der Waals surface area contributed by atoms with Gasteiger partial charge in [0, 0.05) is 6.20 Å². The first-order chi connectivity index (χ1) is 11.7. The fraction of sp³-hybridized carbons (Fsp3) is 0.421. The lowest BCUT2D eigenvalue weighted by atomic mass is 9.81. The van der Waals surface area contributed by atoms with E-state index in [0.29, 0.717) is 18.7 Å². The topological polar surface area (TPSA) is 74.6 Å². The van der Waals surface area contributed by atoms with Crippen molar-refractivity contribution in [2.75, 3.05) is 11.9 Å². The summed E-state index contributed by atoms with van der Waals surface area (Å²) in [4.78, 5) is 4.23. The zero-order chi connectivity index (χ0) is 16.6. The summed E-state index contributed by atoms with van der Waals surface area (Å²) in [6, 6.07) is 15.1. The van der Waals surface area contributed by atoms with Gasteiger partial charge in [-0.05, 0) is 36.5 Å². The normalized spacial score (nSPS) is 35.4. The van der Waals surface area contributed by atoms with E-state index in [9.17, 15) is 10.2 Å². The average molecular weight is 326 g/mol. The Kier molecular flexibility index (Phi) is 4.00. The number of hydrogen-bond donors (Lipinski definition) is 3. The number of fused-ring (bicyclic) bond motifs is 1. The molecule has 24 heavy (non-hydrogen) atoms. The largest absolute Gasteiger partial charge is 0.391 e. The molecular formula is C19H22N2O3. The van der Waals surface area contributed by atoms with Crippen LogP contribution in [0.5, 0.6) is 0 Å². The van der Waals surface area contributed by atoms with Crippen molar-refractivity contribution in [3.63, 3.8) is 0 Å². The number of nitrogens with one attached hydrogen (secondary N) is 1. The highest BCUT2D eigenvalue weighted by Gasteiger charge is 2.57. The van der Waals surface area contributed by atoms with Crippen LogP contribution >= 0.6 is 0 Å². The molecule has 5 nitrogen and oxygen atoms in total. The van der Waals surface area contributed by atoms with Gasteiger partial charge in [0.15, 0.2) is 0 Å². The van der Waals surface area contributed by atoms with Crippen LogP contribution < -0.4 is 5.32 Å². The van der Waals surface area contributed by atoms with E-state index in [1.807, 2.05) is 48.5 Å². The molecule has 1 aromatic heterocycles. The molecule has 2 heterocycles. The number of nitrogens with zero attached hydrogens (tertiary/aromatic N) is 1. The van der Waals surface area contributed by atoms with Crippen LogP contribution in [0.1, 0.15) is 24.5 Å². The Morgan fingerprint density at radius 2 is 1.88 bits per heavy atom. The van der Waals surface area contributed by atoms with Gasteiger partial charge < -0.3 is 20.3 Å². The number of aromatic nitrogens is 1. The van der Waals surface area contributed by atoms with Crippen LogP contribution in [0.25, 0.3) is 0 Å². The molecule has 1 aliphatic heterocycles. The van der Waals surface area contributed by atoms with E-state index in [-0.39, 0.29) is 18.6 Å². The number of hydrogen-bond acceptors (Lipinski definition) is 5. The molecule has 2 aliphatic rings. The van der Waals surface area contributed by atoms with E-state index < -0.39 is 17.7 Å². The lowest BCUT2D eigenvalue weighted by Gasteiger charge is -2.42. The van der Waals surface area contributed by atoms with Gasteiger partial charge in [0.05, 0.1) is 24.9 Å². The molecule has 2 aromatic rings. The van der Waals surface area contributed by atoms with E-state index in [1.165, 1.54) is 0 Å². The van der Waals surface area contributed by atoms with Crippen molar-refractivity contribution in [3.05, 3.63) is 60.3 Å². The molecular weight excluding hydrogens is 304 g/mol. The van der Waals surface area contributed by atoms with Gasteiger partial charge in [-0.15, -0.1) is 0 Å². The van der Waals surface area contributed by atoms with Gasteiger partial charge in [-0.25, -0.2) is 4.98 Å². The van der Waals surface area contributed by atoms with Gasteiger partial charge in [-0.1, -0.05) is 36.4 Å². The van der Waals surface area contributed by atoms with Crippen molar-refractivity contribution in [1.29, 1.82) is 0 Å². The number of aliphatic hydroxyl groups excluding tert-OH is 1. The number of rotatable bonds is 3. The fourth-order valence-electron chi connectivity index (χ4n) is 4.02. The van der Waals surface area contributed by atoms with Crippen molar-refractivity contribution in [2.24, 2.45) is 5.92 Å². The molecule has 0 amide bonds. The SMILES string of the molecule is O[C@@H]1C[C@@H]2C[C@H](c3ccccc3)OC[C@@]2(O)[C@H]1Nc1ccccn1. The minimum atomic E-state index is -1.08. The van der Waals surface area contributed by atoms with E-state index >= 15 is 0 Å². The lowest BCUT2D eigenvalue weighted by molar-refractivity contribution is -0.149. The summed E-state index contributed by atoms with van der Waals surface area (Å²) in [6.45, 7) is 0.207. The Morgan fingerprint density at radius 1 is 1.08 bits per heavy atom. The standard InChI is InChI=1S/C19H22N2O3/c22-15-10-14-11-16(13-6-2-1-3-7-13)24-12-19(14,23)18(15)21-17-8-4-5-9-20-17/h1-9,14-16,18,22-23H,10-12H2,(H,20,21)/t14-,15-,16-,18+,19+/m1/s1. The highest BCUT2D eigenvalue weighted by Crippen LogP contribution is 2.47. The zero-order valence-electron chi connectivity index (χ0n) is 13.4. The molecule has 2 fully saturated rings. The quantitative estimate of drug-likeness (QED) is 0.806. The van der Waals surface area contributed by atoms with Crippen LogP contribution in [0.2, 0.25) is 0 Å². The second kappa shape index (κ2) is 6.16. The third-order valence-electron chi connectivity index (χ3n) is 5.31. The van der Waals surface area contributed by atoms with Crippen molar-refractivity contribution >= 4 is 5.82 Å². The summed E-state index contributed by atoms with van der Waals surface area (Å²) < 4.78 is 5.98. The maximum absolute atomic E-state index is 11.2. The Bertz CT molecular complexity index is 682. The molecule has 3 N–H and O–H groups in total. The second-order valence-corrected chi connectivity index (χ2v) is 6.77. The van der Waals surface area contributed by atoms with E-state index in [2.05, 4.69) is 10.3 Å². The second-order valence-electron chi connectivity index (χ2n) is 6.77. The zero-order valence-corrected chi connectivity index (χ0v) is 13.4. The molecule has 5 heteroatoms. The summed E-state index contributed by atoms with van der Waals surface area (Å²) in [5.41, 5.74) is 0.0394. The minimum Gasteiger partial charge on any atom is -0.391 e. The van der Waals surface area contributed by atoms with E-state index in [1.54, 1.807) is 6.20 Å². The van der Waals surface area contributed by atoms with Crippen LogP contribution in [-0.4, -0.2) is 39.6 Å².